The first kappa shape index (κ1) is 16.9. The van der Waals surface area contributed by atoms with Gasteiger partial charge in [-0.05, 0) is 18.9 Å². The van der Waals surface area contributed by atoms with E-state index in [2.05, 4.69) is 19.2 Å². The van der Waals surface area contributed by atoms with Crippen molar-refractivity contribution in [2.75, 3.05) is 5.73 Å². The SMILES string of the molecule is CCCCC(CCC)NC(=O)c1cc([N+](=O)[O-])ccc1N. The van der Waals surface area contributed by atoms with E-state index in [1.54, 1.807) is 0 Å². The van der Waals surface area contributed by atoms with Crippen LogP contribution in [0.2, 0.25) is 0 Å². The molecule has 0 aliphatic heterocycles. The molecule has 0 aliphatic rings. The summed E-state index contributed by atoms with van der Waals surface area (Å²) in [6.07, 6.45) is 4.87. The van der Waals surface area contributed by atoms with Gasteiger partial charge in [-0.15, -0.1) is 0 Å². The molecule has 6 nitrogen and oxygen atoms in total. The maximum Gasteiger partial charge on any atom is 0.270 e. The smallest absolute Gasteiger partial charge is 0.270 e. The van der Waals surface area contributed by atoms with Crippen molar-refractivity contribution in [1.82, 2.24) is 5.32 Å². The lowest BCUT2D eigenvalue weighted by Crippen LogP contribution is -2.35. The fourth-order valence-electron chi connectivity index (χ4n) is 2.21. The van der Waals surface area contributed by atoms with Crippen LogP contribution in [0.4, 0.5) is 11.4 Å². The molecule has 1 aromatic carbocycles. The number of nitrogen functional groups attached to an aromatic ring is 1. The van der Waals surface area contributed by atoms with Crippen LogP contribution in [-0.2, 0) is 0 Å². The maximum absolute atomic E-state index is 12.3. The Balaban J connectivity index is 2.85. The average Bonchev–Trinajstić information content (AvgIpc) is 2.45. The standard InChI is InChI=1S/C15H23N3O3/c1-3-5-7-11(6-4-2)17-15(19)13-10-12(18(20)21)8-9-14(13)16/h8-11H,3-7,16H2,1-2H3,(H,17,19). The number of hydrogen-bond donors (Lipinski definition) is 2. The van der Waals surface area contributed by atoms with Crippen LogP contribution in [0.15, 0.2) is 18.2 Å². The molecule has 1 rings (SSSR count). The first-order chi connectivity index (χ1) is 9.99. The second kappa shape index (κ2) is 8.24. The fraction of sp³-hybridized carbons (Fsp3) is 0.533. The van der Waals surface area contributed by atoms with Crippen LogP contribution in [0, 0.1) is 10.1 Å². The molecule has 1 amide bonds. The van der Waals surface area contributed by atoms with E-state index in [1.807, 2.05) is 0 Å². The molecule has 1 aromatic rings. The highest BCUT2D eigenvalue weighted by Gasteiger charge is 2.18. The van der Waals surface area contributed by atoms with Crippen molar-refractivity contribution in [2.45, 2.75) is 52.0 Å². The molecular weight excluding hydrogens is 270 g/mol. The lowest BCUT2D eigenvalue weighted by molar-refractivity contribution is -0.384. The molecule has 0 spiro atoms. The zero-order chi connectivity index (χ0) is 15.8. The normalized spacial score (nSPS) is 11.9. The number of nitrogens with one attached hydrogen (secondary N) is 1. The third-order valence-electron chi connectivity index (χ3n) is 3.37. The molecule has 6 heteroatoms. The summed E-state index contributed by atoms with van der Waals surface area (Å²) in [5, 5.41) is 13.7. The Hall–Kier alpha value is -2.11. The molecule has 0 aliphatic carbocycles. The van der Waals surface area contributed by atoms with Crippen LogP contribution in [0.25, 0.3) is 0 Å². The molecule has 1 atom stereocenters. The van der Waals surface area contributed by atoms with E-state index >= 15 is 0 Å². The summed E-state index contributed by atoms with van der Waals surface area (Å²) < 4.78 is 0. The van der Waals surface area contributed by atoms with Gasteiger partial charge in [0.05, 0.1) is 10.5 Å². The highest BCUT2D eigenvalue weighted by Crippen LogP contribution is 2.20. The predicted octanol–water partition coefficient (Wildman–Crippen LogP) is 3.27. The molecule has 0 bridgehead atoms. The van der Waals surface area contributed by atoms with Crippen LogP contribution in [0.5, 0.6) is 0 Å². The van der Waals surface area contributed by atoms with Crippen LogP contribution in [0.3, 0.4) is 0 Å². The molecule has 0 aromatic heterocycles. The molecule has 0 radical (unpaired) electrons. The zero-order valence-corrected chi connectivity index (χ0v) is 12.6. The number of hydrogen-bond acceptors (Lipinski definition) is 4. The molecule has 1 unspecified atom stereocenters. The van der Waals surface area contributed by atoms with Gasteiger partial charge >= 0.3 is 0 Å². The first-order valence-corrected chi connectivity index (χ1v) is 7.34. The van der Waals surface area contributed by atoms with Gasteiger partial charge in [-0.2, -0.15) is 0 Å². The minimum atomic E-state index is -0.531. The van der Waals surface area contributed by atoms with Crippen LogP contribution >= 0.6 is 0 Å². The summed E-state index contributed by atoms with van der Waals surface area (Å²) >= 11 is 0. The third-order valence-corrected chi connectivity index (χ3v) is 3.37. The van der Waals surface area contributed by atoms with Crippen LogP contribution in [-0.4, -0.2) is 16.9 Å². The van der Waals surface area contributed by atoms with E-state index < -0.39 is 4.92 Å². The number of nitro benzene ring substituents is 1. The lowest BCUT2D eigenvalue weighted by atomic mass is 10.0. The predicted molar refractivity (Wildman–Crippen MR) is 83.2 cm³/mol. The number of carbonyl (C=O) groups excluding carboxylic acids is 1. The number of carbonyl (C=O) groups is 1. The van der Waals surface area contributed by atoms with Gasteiger partial charge in [0.15, 0.2) is 0 Å². The monoisotopic (exact) mass is 293 g/mol. The van der Waals surface area contributed by atoms with Crippen molar-refractivity contribution >= 4 is 17.3 Å². The number of anilines is 1. The Morgan fingerprint density at radius 1 is 1.33 bits per heavy atom. The zero-order valence-electron chi connectivity index (χ0n) is 12.6. The summed E-state index contributed by atoms with van der Waals surface area (Å²) in [4.78, 5) is 22.5. The number of nitrogens with two attached hydrogens (primary N) is 1. The average molecular weight is 293 g/mol. The number of unbranched alkanes of at least 4 members (excludes halogenated alkanes) is 1. The number of amides is 1. The van der Waals surface area contributed by atoms with Crippen molar-refractivity contribution in [3.63, 3.8) is 0 Å². The quantitative estimate of drug-likeness (QED) is 0.436. The minimum Gasteiger partial charge on any atom is -0.398 e. The number of rotatable bonds is 8. The van der Waals surface area contributed by atoms with Crippen LogP contribution < -0.4 is 11.1 Å². The Morgan fingerprint density at radius 3 is 2.62 bits per heavy atom. The Morgan fingerprint density at radius 2 is 2.05 bits per heavy atom. The highest BCUT2D eigenvalue weighted by molar-refractivity contribution is 5.99. The molecule has 21 heavy (non-hydrogen) atoms. The topological polar surface area (TPSA) is 98.3 Å². The Kier molecular flexibility index (Phi) is 6.65. The van der Waals surface area contributed by atoms with Crippen molar-refractivity contribution in [2.24, 2.45) is 0 Å². The molecule has 0 fully saturated rings. The maximum atomic E-state index is 12.3. The van der Waals surface area contributed by atoms with Crippen molar-refractivity contribution < 1.29 is 9.72 Å². The number of nitrogens with zero attached hydrogens (tertiary/aromatic N) is 1. The summed E-state index contributed by atoms with van der Waals surface area (Å²) in [5.74, 6) is -0.342. The van der Waals surface area contributed by atoms with Gasteiger partial charge in [0.2, 0.25) is 0 Å². The van der Waals surface area contributed by atoms with E-state index in [1.165, 1.54) is 18.2 Å². The molecular formula is C15H23N3O3. The molecule has 0 heterocycles. The molecule has 116 valence electrons. The van der Waals surface area contributed by atoms with E-state index in [0.717, 1.165) is 32.1 Å². The van der Waals surface area contributed by atoms with E-state index in [9.17, 15) is 14.9 Å². The van der Waals surface area contributed by atoms with Crippen molar-refractivity contribution in [3.8, 4) is 0 Å². The van der Waals surface area contributed by atoms with Crippen molar-refractivity contribution in [1.29, 1.82) is 0 Å². The largest absolute Gasteiger partial charge is 0.398 e. The summed E-state index contributed by atoms with van der Waals surface area (Å²) in [6, 6.07) is 4.01. The lowest BCUT2D eigenvalue weighted by Gasteiger charge is -2.18. The van der Waals surface area contributed by atoms with Gasteiger partial charge < -0.3 is 11.1 Å². The highest BCUT2D eigenvalue weighted by atomic mass is 16.6. The second-order valence-electron chi connectivity index (χ2n) is 5.13. The van der Waals surface area contributed by atoms with Gasteiger partial charge in [-0.1, -0.05) is 33.1 Å². The summed E-state index contributed by atoms with van der Waals surface area (Å²) in [6.45, 7) is 4.16. The first-order valence-electron chi connectivity index (χ1n) is 7.34. The number of benzene rings is 1. The van der Waals surface area contributed by atoms with E-state index in [0.29, 0.717) is 0 Å². The Labute approximate surface area is 124 Å². The fourth-order valence-corrected chi connectivity index (χ4v) is 2.21. The van der Waals surface area contributed by atoms with Gasteiger partial charge in [0.25, 0.3) is 11.6 Å². The van der Waals surface area contributed by atoms with Crippen LogP contribution in [0.1, 0.15) is 56.3 Å². The van der Waals surface area contributed by atoms with E-state index in [4.69, 9.17) is 5.73 Å². The summed E-state index contributed by atoms with van der Waals surface area (Å²) in [5.41, 5.74) is 6.05. The second-order valence-corrected chi connectivity index (χ2v) is 5.13. The molecule has 0 saturated carbocycles. The number of non-ortho nitro benzene ring substituents is 1. The Bertz CT molecular complexity index is 503. The van der Waals surface area contributed by atoms with Gasteiger partial charge in [-0.3, -0.25) is 14.9 Å². The third kappa shape index (κ3) is 5.06. The van der Waals surface area contributed by atoms with Gasteiger partial charge in [0, 0.05) is 23.9 Å². The molecule has 3 N–H and O–H groups in total. The van der Waals surface area contributed by atoms with E-state index in [-0.39, 0.29) is 28.9 Å². The minimum absolute atomic E-state index is 0.0844. The van der Waals surface area contributed by atoms with Crippen molar-refractivity contribution in [3.05, 3.63) is 33.9 Å². The summed E-state index contributed by atoms with van der Waals surface area (Å²) in [7, 11) is 0. The van der Waals surface area contributed by atoms with Gasteiger partial charge in [-0.25, -0.2) is 0 Å². The number of nitro groups is 1. The molecule has 0 saturated heterocycles. The van der Waals surface area contributed by atoms with Gasteiger partial charge in [0.1, 0.15) is 0 Å².